The largest absolute Gasteiger partial charge is 0.435 e. The summed E-state index contributed by atoms with van der Waals surface area (Å²) in [5.74, 6) is -0.898. The SMILES string of the molecule is CC(Nc1ccc(OC(F)F)cc1)C(=O)NCC(F)(F)F. The van der Waals surface area contributed by atoms with Gasteiger partial charge in [-0.05, 0) is 31.2 Å². The second kappa shape index (κ2) is 7.09. The molecule has 0 aliphatic carbocycles. The molecule has 9 heteroatoms. The Morgan fingerprint density at radius 1 is 1.24 bits per heavy atom. The molecule has 0 saturated carbocycles. The first-order chi connectivity index (χ1) is 9.67. The van der Waals surface area contributed by atoms with Crippen LogP contribution in [0.25, 0.3) is 0 Å². The van der Waals surface area contributed by atoms with Gasteiger partial charge in [0.05, 0.1) is 0 Å². The molecular weight excluding hydrogens is 299 g/mol. The molecule has 2 N–H and O–H groups in total. The number of benzene rings is 1. The first kappa shape index (κ1) is 17.0. The van der Waals surface area contributed by atoms with Gasteiger partial charge in [-0.3, -0.25) is 4.79 Å². The van der Waals surface area contributed by atoms with Crippen molar-refractivity contribution in [3.63, 3.8) is 0 Å². The van der Waals surface area contributed by atoms with Gasteiger partial charge >= 0.3 is 12.8 Å². The van der Waals surface area contributed by atoms with Crippen LogP contribution in [0.15, 0.2) is 24.3 Å². The molecule has 118 valence electrons. The monoisotopic (exact) mass is 312 g/mol. The number of hydrogen-bond acceptors (Lipinski definition) is 3. The van der Waals surface area contributed by atoms with Crippen molar-refractivity contribution in [1.29, 1.82) is 0 Å². The Kier molecular flexibility index (Phi) is 5.74. The molecule has 1 aromatic rings. The standard InChI is InChI=1S/C12H13F5N2O2/c1-7(10(20)18-6-12(15,16)17)19-8-2-4-9(5-3-8)21-11(13)14/h2-5,7,11,19H,6H2,1H3,(H,18,20). The number of anilines is 1. The van der Waals surface area contributed by atoms with Gasteiger partial charge in [0.25, 0.3) is 0 Å². The first-order valence-electron chi connectivity index (χ1n) is 5.83. The van der Waals surface area contributed by atoms with Crippen LogP contribution in [-0.2, 0) is 4.79 Å². The van der Waals surface area contributed by atoms with Gasteiger partial charge < -0.3 is 15.4 Å². The van der Waals surface area contributed by atoms with Crippen LogP contribution in [0.4, 0.5) is 27.6 Å². The zero-order valence-electron chi connectivity index (χ0n) is 10.9. The predicted octanol–water partition coefficient (Wildman–Crippen LogP) is 2.77. The van der Waals surface area contributed by atoms with Gasteiger partial charge in [-0.25, -0.2) is 0 Å². The molecule has 0 heterocycles. The Morgan fingerprint density at radius 2 is 1.81 bits per heavy atom. The number of nitrogens with one attached hydrogen (secondary N) is 2. The molecule has 0 aromatic heterocycles. The van der Waals surface area contributed by atoms with Crippen molar-refractivity contribution in [2.45, 2.75) is 25.8 Å². The Morgan fingerprint density at radius 3 is 2.29 bits per heavy atom. The van der Waals surface area contributed by atoms with E-state index in [4.69, 9.17) is 0 Å². The van der Waals surface area contributed by atoms with Gasteiger partial charge in [-0.1, -0.05) is 0 Å². The van der Waals surface area contributed by atoms with Crippen LogP contribution < -0.4 is 15.4 Å². The van der Waals surface area contributed by atoms with Gasteiger partial charge in [-0.15, -0.1) is 0 Å². The maximum atomic E-state index is 11.9. The third-order valence-corrected chi connectivity index (χ3v) is 2.32. The maximum Gasteiger partial charge on any atom is 0.405 e. The second-order valence-corrected chi connectivity index (χ2v) is 4.10. The fourth-order valence-corrected chi connectivity index (χ4v) is 1.39. The van der Waals surface area contributed by atoms with Crippen molar-refractivity contribution in [1.82, 2.24) is 5.32 Å². The summed E-state index contributed by atoms with van der Waals surface area (Å²) in [6.07, 6.45) is -4.48. The van der Waals surface area contributed by atoms with E-state index >= 15 is 0 Å². The van der Waals surface area contributed by atoms with Crippen LogP contribution in [0, 0.1) is 0 Å². The topological polar surface area (TPSA) is 50.4 Å². The molecule has 1 unspecified atom stereocenters. The summed E-state index contributed by atoms with van der Waals surface area (Å²) in [7, 11) is 0. The molecule has 0 saturated heterocycles. The number of amides is 1. The van der Waals surface area contributed by atoms with Crippen LogP contribution >= 0.6 is 0 Å². The van der Waals surface area contributed by atoms with Gasteiger partial charge in [0.1, 0.15) is 18.3 Å². The van der Waals surface area contributed by atoms with Gasteiger partial charge in [0.2, 0.25) is 5.91 Å². The molecule has 1 atom stereocenters. The molecule has 0 bridgehead atoms. The highest BCUT2D eigenvalue weighted by molar-refractivity contribution is 5.84. The lowest BCUT2D eigenvalue weighted by Crippen LogP contribution is -2.42. The van der Waals surface area contributed by atoms with Crippen LogP contribution in [0.2, 0.25) is 0 Å². The smallest absolute Gasteiger partial charge is 0.405 e. The molecule has 0 fully saturated rings. The van der Waals surface area contributed by atoms with Crippen LogP contribution in [0.3, 0.4) is 0 Å². The molecule has 0 radical (unpaired) electrons. The van der Waals surface area contributed by atoms with Crippen molar-refractivity contribution in [2.24, 2.45) is 0 Å². The minimum atomic E-state index is -4.48. The number of carbonyl (C=O) groups excluding carboxylic acids is 1. The van der Waals surface area contributed by atoms with Gasteiger partial charge in [0, 0.05) is 5.69 Å². The van der Waals surface area contributed by atoms with Gasteiger partial charge in [0.15, 0.2) is 0 Å². The molecule has 0 spiro atoms. The van der Waals surface area contributed by atoms with Crippen molar-refractivity contribution in [3.8, 4) is 5.75 Å². The summed E-state index contributed by atoms with van der Waals surface area (Å²) in [5.41, 5.74) is 0.381. The summed E-state index contributed by atoms with van der Waals surface area (Å²) >= 11 is 0. The van der Waals surface area contributed by atoms with E-state index in [2.05, 4.69) is 10.1 Å². The van der Waals surface area contributed by atoms with E-state index < -0.39 is 31.3 Å². The highest BCUT2D eigenvalue weighted by Gasteiger charge is 2.28. The zero-order chi connectivity index (χ0) is 16.0. The lowest BCUT2D eigenvalue weighted by molar-refractivity contribution is -0.138. The Labute approximate surface area is 117 Å². The minimum absolute atomic E-state index is 0.0651. The number of carbonyl (C=O) groups is 1. The van der Waals surface area contributed by atoms with E-state index in [0.29, 0.717) is 5.69 Å². The maximum absolute atomic E-state index is 11.9. The van der Waals surface area contributed by atoms with Crippen LogP contribution in [-0.4, -0.2) is 31.3 Å². The van der Waals surface area contributed by atoms with Crippen molar-refractivity contribution < 1.29 is 31.5 Å². The summed E-state index contributed by atoms with van der Waals surface area (Å²) in [6.45, 7) is -3.00. The summed E-state index contributed by atoms with van der Waals surface area (Å²) in [5, 5.41) is 4.37. The fourth-order valence-electron chi connectivity index (χ4n) is 1.39. The zero-order valence-corrected chi connectivity index (χ0v) is 10.9. The number of ether oxygens (including phenoxy) is 1. The predicted molar refractivity (Wildman–Crippen MR) is 65.2 cm³/mol. The molecule has 1 aromatic carbocycles. The molecule has 1 amide bonds. The fraction of sp³-hybridized carbons (Fsp3) is 0.417. The van der Waals surface area contributed by atoms with E-state index in [9.17, 15) is 26.7 Å². The average Bonchev–Trinajstić information content (AvgIpc) is 2.36. The van der Waals surface area contributed by atoms with E-state index in [0.717, 1.165) is 0 Å². The van der Waals surface area contributed by atoms with E-state index in [-0.39, 0.29) is 5.75 Å². The lowest BCUT2D eigenvalue weighted by atomic mass is 10.2. The molecule has 21 heavy (non-hydrogen) atoms. The number of alkyl halides is 5. The highest BCUT2D eigenvalue weighted by atomic mass is 19.4. The van der Waals surface area contributed by atoms with E-state index in [1.54, 1.807) is 5.32 Å². The van der Waals surface area contributed by atoms with E-state index in [1.165, 1.54) is 31.2 Å². The number of halogens is 5. The molecule has 4 nitrogen and oxygen atoms in total. The first-order valence-corrected chi connectivity index (χ1v) is 5.83. The summed E-state index contributed by atoms with van der Waals surface area (Å²) in [6, 6.07) is 4.30. The Balaban J connectivity index is 2.50. The average molecular weight is 312 g/mol. The van der Waals surface area contributed by atoms with Crippen molar-refractivity contribution in [2.75, 3.05) is 11.9 Å². The van der Waals surface area contributed by atoms with Crippen molar-refractivity contribution in [3.05, 3.63) is 24.3 Å². The normalized spacial score (nSPS) is 12.9. The van der Waals surface area contributed by atoms with Crippen LogP contribution in [0.1, 0.15) is 6.92 Å². The van der Waals surface area contributed by atoms with Crippen molar-refractivity contribution >= 4 is 11.6 Å². The minimum Gasteiger partial charge on any atom is -0.435 e. The molecule has 1 rings (SSSR count). The number of hydrogen-bond donors (Lipinski definition) is 2. The Hall–Kier alpha value is -2.06. The molecule has 0 aliphatic heterocycles. The number of rotatable bonds is 6. The summed E-state index contributed by atoms with van der Waals surface area (Å²) in [4.78, 5) is 11.4. The molecular formula is C12H13F5N2O2. The lowest BCUT2D eigenvalue weighted by Gasteiger charge is -2.16. The third-order valence-electron chi connectivity index (χ3n) is 2.32. The van der Waals surface area contributed by atoms with Gasteiger partial charge in [-0.2, -0.15) is 22.0 Å². The van der Waals surface area contributed by atoms with E-state index in [1.807, 2.05) is 0 Å². The summed E-state index contributed by atoms with van der Waals surface area (Å²) < 4.78 is 63.8. The highest BCUT2D eigenvalue weighted by Crippen LogP contribution is 2.18. The van der Waals surface area contributed by atoms with Crippen LogP contribution in [0.5, 0.6) is 5.75 Å². The molecule has 0 aliphatic rings. The quantitative estimate of drug-likeness (QED) is 0.794. The second-order valence-electron chi connectivity index (χ2n) is 4.10. The third kappa shape index (κ3) is 6.77. The Bertz CT molecular complexity index is 462.